The lowest BCUT2D eigenvalue weighted by Crippen LogP contribution is -2.47. The standard InChI is InChI=1S/C15H31N3O/c1-4-16-10-14-7-8-15(19-14)12-18(3)13-6-5-9-17(2)11-13/h13-16H,4-12H2,1-3H3. The summed E-state index contributed by atoms with van der Waals surface area (Å²) >= 11 is 0. The number of nitrogens with zero attached hydrogens (tertiary/aromatic N) is 2. The number of hydrogen-bond acceptors (Lipinski definition) is 4. The summed E-state index contributed by atoms with van der Waals surface area (Å²) < 4.78 is 6.13. The summed E-state index contributed by atoms with van der Waals surface area (Å²) in [6, 6.07) is 0.718. The lowest BCUT2D eigenvalue weighted by atomic mass is 10.0. The molecule has 0 radical (unpaired) electrons. The molecule has 4 heteroatoms. The summed E-state index contributed by atoms with van der Waals surface area (Å²) in [6.07, 6.45) is 6.00. The number of hydrogen-bond donors (Lipinski definition) is 1. The van der Waals surface area contributed by atoms with Crippen LogP contribution in [0.15, 0.2) is 0 Å². The van der Waals surface area contributed by atoms with E-state index in [1.54, 1.807) is 0 Å². The molecule has 0 bridgehead atoms. The third-order valence-electron chi connectivity index (χ3n) is 4.53. The predicted molar refractivity (Wildman–Crippen MR) is 79.6 cm³/mol. The number of ether oxygens (including phenoxy) is 1. The van der Waals surface area contributed by atoms with E-state index in [2.05, 4.69) is 36.1 Å². The van der Waals surface area contributed by atoms with Crippen molar-refractivity contribution in [2.45, 2.75) is 50.9 Å². The molecule has 2 saturated heterocycles. The van der Waals surface area contributed by atoms with Crippen molar-refractivity contribution in [1.29, 1.82) is 0 Å². The maximum Gasteiger partial charge on any atom is 0.0707 e. The summed E-state index contributed by atoms with van der Waals surface area (Å²) in [5, 5.41) is 3.39. The van der Waals surface area contributed by atoms with Gasteiger partial charge < -0.3 is 15.0 Å². The molecule has 0 aromatic heterocycles. The van der Waals surface area contributed by atoms with E-state index in [1.165, 1.54) is 38.8 Å². The molecule has 19 heavy (non-hydrogen) atoms. The number of rotatable bonds is 6. The SMILES string of the molecule is CCNCC1CCC(CN(C)C2CCCN(C)C2)O1. The first-order chi connectivity index (χ1) is 9.19. The van der Waals surface area contributed by atoms with Crippen molar-refractivity contribution < 1.29 is 4.74 Å². The lowest BCUT2D eigenvalue weighted by molar-refractivity contribution is 0.0134. The van der Waals surface area contributed by atoms with Crippen LogP contribution in [0.3, 0.4) is 0 Å². The third-order valence-corrected chi connectivity index (χ3v) is 4.53. The van der Waals surface area contributed by atoms with E-state index >= 15 is 0 Å². The molecule has 112 valence electrons. The first kappa shape index (κ1) is 15.2. The predicted octanol–water partition coefficient (Wildman–Crippen LogP) is 1.17. The second kappa shape index (κ2) is 7.58. The van der Waals surface area contributed by atoms with Crippen molar-refractivity contribution in [3.8, 4) is 0 Å². The van der Waals surface area contributed by atoms with Gasteiger partial charge in [0.05, 0.1) is 12.2 Å². The maximum absolute atomic E-state index is 6.13. The molecule has 2 heterocycles. The monoisotopic (exact) mass is 269 g/mol. The van der Waals surface area contributed by atoms with Gasteiger partial charge in [-0.25, -0.2) is 0 Å². The van der Waals surface area contributed by atoms with Crippen LogP contribution in [-0.4, -0.2) is 74.9 Å². The Morgan fingerprint density at radius 1 is 1.26 bits per heavy atom. The topological polar surface area (TPSA) is 27.7 Å². The molecule has 1 N–H and O–H groups in total. The Kier molecular flexibility index (Phi) is 6.07. The molecule has 0 spiro atoms. The zero-order chi connectivity index (χ0) is 13.7. The highest BCUT2D eigenvalue weighted by molar-refractivity contribution is 4.82. The molecule has 0 aromatic rings. The molecular weight excluding hydrogens is 238 g/mol. The first-order valence-corrected chi connectivity index (χ1v) is 7.94. The van der Waals surface area contributed by atoms with E-state index in [0.29, 0.717) is 12.2 Å². The molecule has 2 aliphatic rings. The Bertz CT molecular complexity index is 262. The second-order valence-corrected chi connectivity index (χ2v) is 6.26. The van der Waals surface area contributed by atoms with Crippen molar-refractivity contribution in [1.82, 2.24) is 15.1 Å². The van der Waals surface area contributed by atoms with Crippen LogP contribution in [0, 0.1) is 0 Å². The fourth-order valence-corrected chi connectivity index (χ4v) is 3.34. The maximum atomic E-state index is 6.13. The van der Waals surface area contributed by atoms with Gasteiger partial charge in [-0.3, -0.25) is 4.90 Å². The summed E-state index contributed by atoms with van der Waals surface area (Å²) in [7, 11) is 4.50. The number of likely N-dealkylation sites (N-methyl/N-ethyl adjacent to an activating group) is 3. The summed E-state index contributed by atoms with van der Waals surface area (Å²) in [5.41, 5.74) is 0. The van der Waals surface area contributed by atoms with Crippen LogP contribution >= 0.6 is 0 Å². The zero-order valence-electron chi connectivity index (χ0n) is 12.9. The molecule has 0 aliphatic carbocycles. The highest BCUT2D eigenvalue weighted by atomic mass is 16.5. The fraction of sp³-hybridized carbons (Fsp3) is 1.00. The molecule has 0 amide bonds. The van der Waals surface area contributed by atoms with E-state index in [0.717, 1.165) is 25.7 Å². The van der Waals surface area contributed by atoms with Gasteiger partial charge in [0.25, 0.3) is 0 Å². The van der Waals surface area contributed by atoms with Crippen LogP contribution in [-0.2, 0) is 4.74 Å². The van der Waals surface area contributed by atoms with Crippen LogP contribution in [0.1, 0.15) is 32.6 Å². The molecule has 0 saturated carbocycles. The van der Waals surface area contributed by atoms with Crippen molar-refractivity contribution in [2.75, 3.05) is 46.8 Å². The minimum absolute atomic E-state index is 0.437. The minimum Gasteiger partial charge on any atom is -0.372 e. The minimum atomic E-state index is 0.437. The van der Waals surface area contributed by atoms with E-state index in [1.807, 2.05) is 0 Å². The van der Waals surface area contributed by atoms with Crippen LogP contribution in [0.25, 0.3) is 0 Å². The van der Waals surface area contributed by atoms with Crippen molar-refractivity contribution in [3.63, 3.8) is 0 Å². The van der Waals surface area contributed by atoms with E-state index in [4.69, 9.17) is 4.74 Å². The zero-order valence-corrected chi connectivity index (χ0v) is 12.9. The van der Waals surface area contributed by atoms with Crippen molar-refractivity contribution in [2.24, 2.45) is 0 Å². The number of likely N-dealkylation sites (tertiary alicyclic amines) is 1. The summed E-state index contributed by atoms with van der Waals surface area (Å²) in [4.78, 5) is 4.98. The van der Waals surface area contributed by atoms with Gasteiger partial charge in [-0.2, -0.15) is 0 Å². The average molecular weight is 269 g/mol. The molecule has 3 atom stereocenters. The largest absolute Gasteiger partial charge is 0.372 e. The Balaban J connectivity index is 1.69. The highest BCUT2D eigenvalue weighted by Gasteiger charge is 2.28. The van der Waals surface area contributed by atoms with Crippen molar-refractivity contribution >= 4 is 0 Å². The average Bonchev–Trinajstić information content (AvgIpc) is 2.84. The number of piperidine rings is 1. The van der Waals surface area contributed by atoms with Crippen LogP contribution in [0.2, 0.25) is 0 Å². The molecule has 2 rings (SSSR count). The van der Waals surface area contributed by atoms with Gasteiger partial charge in [0.15, 0.2) is 0 Å². The Labute approximate surface area is 118 Å². The Hall–Kier alpha value is -0.160. The van der Waals surface area contributed by atoms with E-state index in [9.17, 15) is 0 Å². The molecule has 0 aromatic carbocycles. The normalized spacial score (nSPS) is 33.2. The molecule has 2 aliphatic heterocycles. The molecule has 4 nitrogen and oxygen atoms in total. The molecular formula is C15H31N3O. The Morgan fingerprint density at radius 2 is 2.05 bits per heavy atom. The van der Waals surface area contributed by atoms with Gasteiger partial charge in [-0.15, -0.1) is 0 Å². The lowest BCUT2D eigenvalue weighted by Gasteiger charge is -2.36. The second-order valence-electron chi connectivity index (χ2n) is 6.26. The van der Waals surface area contributed by atoms with Gasteiger partial charge in [-0.1, -0.05) is 6.92 Å². The molecule has 2 fully saturated rings. The van der Waals surface area contributed by atoms with Gasteiger partial charge in [0, 0.05) is 25.7 Å². The van der Waals surface area contributed by atoms with Gasteiger partial charge in [0.1, 0.15) is 0 Å². The van der Waals surface area contributed by atoms with E-state index < -0.39 is 0 Å². The van der Waals surface area contributed by atoms with Gasteiger partial charge in [-0.05, 0) is 52.9 Å². The first-order valence-electron chi connectivity index (χ1n) is 7.94. The molecule has 3 unspecified atom stereocenters. The van der Waals surface area contributed by atoms with Crippen LogP contribution < -0.4 is 5.32 Å². The highest BCUT2D eigenvalue weighted by Crippen LogP contribution is 2.22. The van der Waals surface area contributed by atoms with Crippen molar-refractivity contribution in [3.05, 3.63) is 0 Å². The quantitative estimate of drug-likeness (QED) is 0.783. The summed E-state index contributed by atoms with van der Waals surface area (Å²) in [6.45, 7) is 7.78. The van der Waals surface area contributed by atoms with Gasteiger partial charge in [0.2, 0.25) is 0 Å². The van der Waals surface area contributed by atoms with Crippen LogP contribution in [0.5, 0.6) is 0 Å². The van der Waals surface area contributed by atoms with Gasteiger partial charge >= 0.3 is 0 Å². The van der Waals surface area contributed by atoms with Crippen LogP contribution in [0.4, 0.5) is 0 Å². The summed E-state index contributed by atoms with van der Waals surface area (Å²) in [5.74, 6) is 0. The van der Waals surface area contributed by atoms with E-state index in [-0.39, 0.29) is 0 Å². The smallest absolute Gasteiger partial charge is 0.0707 e. The number of nitrogens with one attached hydrogen (secondary N) is 1. The fourth-order valence-electron chi connectivity index (χ4n) is 3.34. The third kappa shape index (κ3) is 4.71. The Morgan fingerprint density at radius 3 is 2.79 bits per heavy atom.